The van der Waals surface area contributed by atoms with Gasteiger partial charge in [0.25, 0.3) is 0 Å². The van der Waals surface area contributed by atoms with Crippen LogP contribution in [0.3, 0.4) is 0 Å². The average Bonchev–Trinajstić information content (AvgIpc) is 3.46. The summed E-state index contributed by atoms with van der Waals surface area (Å²) in [7, 11) is 0. The topological polar surface area (TPSA) is 6.48 Å². The van der Waals surface area contributed by atoms with Crippen LogP contribution in [0.5, 0.6) is 0 Å². The van der Waals surface area contributed by atoms with E-state index < -0.39 is 0 Å². The van der Waals surface area contributed by atoms with Crippen LogP contribution in [0.1, 0.15) is 62.7 Å². The summed E-state index contributed by atoms with van der Waals surface area (Å²) in [5, 5.41) is 0. The van der Waals surface area contributed by atoms with Gasteiger partial charge in [0.1, 0.15) is 0 Å². The maximum absolute atomic E-state index is 2.67. The van der Waals surface area contributed by atoms with Gasteiger partial charge in [0.05, 0.1) is 0 Å². The van der Waals surface area contributed by atoms with E-state index in [1.165, 1.54) is 51.9 Å². The van der Waals surface area contributed by atoms with E-state index in [1.54, 1.807) is 20.1 Å². The Bertz CT molecular complexity index is 701. The first-order valence-corrected chi connectivity index (χ1v) is 16.8. The Balaban J connectivity index is 1.49. The zero-order valence-corrected chi connectivity index (χ0v) is 20.6. The van der Waals surface area contributed by atoms with Gasteiger partial charge in [0, 0.05) is 0 Å². The van der Waals surface area contributed by atoms with Crippen molar-refractivity contribution in [2.45, 2.75) is 51.6 Å². The van der Waals surface area contributed by atoms with Crippen molar-refractivity contribution >= 4 is 35.2 Å². The molecule has 2 aromatic carbocycles. The first-order valence-electron chi connectivity index (χ1n) is 10.7. The molecule has 28 heavy (non-hydrogen) atoms. The van der Waals surface area contributed by atoms with E-state index in [0.717, 1.165) is 0 Å². The number of benzene rings is 2. The van der Waals surface area contributed by atoms with Crippen molar-refractivity contribution in [1.29, 1.82) is 0 Å². The molecule has 2 atom stereocenters. The Morgan fingerprint density at radius 3 is 1.36 bits per heavy atom. The van der Waals surface area contributed by atoms with Crippen molar-refractivity contribution in [3.05, 3.63) is 59.7 Å². The van der Waals surface area contributed by atoms with E-state index in [1.807, 2.05) is 0 Å². The summed E-state index contributed by atoms with van der Waals surface area (Å²) in [5.74, 6) is 0. The fourth-order valence-corrected chi connectivity index (χ4v) is 12.2. The van der Waals surface area contributed by atoms with Crippen molar-refractivity contribution in [3.8, 4) is 0 Å². The van der Waals surface area contributed by atoms with Crippen molar-refractivity contribution in [2.24, 2.45) is 0 Å². The van der Waals surface area contributed by atoms with Crippen LogP contribution in [0.15, 0.2) is 48.5 Å². The predicted molar refractivity (Wildman–Crippen MR) is 122 cm³/mol. The first kappa shape index (κ1) is 20.7. The van der Waals surface area contributed by atoms with Gasteiger partial charge in [0.2, 0.25) is 0 Å². The predicted octanol–water partition coefficient (Wildman–Crippen LogP) is 3.27. The van der Waals surface area contributed by atoms with Gasteiger partial charge in [-0.05, 0) is 0 Å². The van der Waals surface area contributed by atoms with Crippen LogP contribution in [0, 0.1) is 0 Å². The Labute approximate surface area is 181 Å². The van der Waals surface area contributed by atoms with Gasteiger partial charge in [-0.2, -0.15) is 0 Å². The van der Waals surface area contributed by atoms with Crippen molar-refractivity contribution < 1.29 is 0 Å². The minimum atomic E-state index is 0.540. The molecule has 0 aromatic heterocycles. The van der Waals surface area contributed by atoms with Crippen molar-refractivity contribution in [3.63, 3.8) is 0 Å². The van der Waals surface area contributed by atoms with E-state index in [9.17, 15) is 0 Å². The molecule has 0 saturated carbocycles. The van der Waals surface area contributed by atoms with Crippen LogP contribution >= 0.6 is 0 Å². The van der Waals surface area contributed by atoms with E-state index in [0.29, 0.717) is 38.3 Å². The summed E-state index contributed by atoms with van der Waals surface area (Å²) in [6.07, 6.45) is 5.46. The molecule has 0 radical (unpaired) electrons. The van der Waals surface area contributed by atoms with Gasteiger partial charge in [-0.25, -0.2) is 0 Å². The fourth-order valence-electron chi connectivity index (χ4n) is 4.54. The second-order valence-electron chi connectivity index (χ2n) is 8.08. The molecule has 0 unspecified atom stereocenters. The maximum atomic E-state index is 2.67. The van der Waals surface area contributed by atoms with E-state index in [4.69, 9.17) is 0 Å². The van der Waals surface area contributed by atoms with Crippen LogP contribution < -0.4 is 8.92 Å². The molecule has 2 saturated heterocycles. The van der Waals surface area contributed by atoms with Crippen molar-refractivity contribution in [1.82, 2.24) is 9.80 Å². The molecular weight excluding hydrogens is 474 g/mol. The van der Waals surface area contributed by atoms with Gasteiger partial charge in [0.15, 0.2) is 0 Å². The molecule has 0 spiro atoms. The molecular formula is C24H32N2Se2. The first-order chi connectivity index (χ1) is 13.7. The second kappa shape index (κ2) is 9.94. The average molecular weight is 506 g/mol. The number of likely N-dealkylation sites (tertiary alicyclic amines) is 2. The standard InChI is InChI=1S/C24H32N2Se2/c1-19(25-15-7-8-16-25)21-11-3-5-13-23(21)27-28-24-14-6-4-12-22(24)20(2)26-17-9-10-18-26/h3-6,11-14,19-20H,7-10,15-18H2,1-2H3/t19-,20-/m0/s1. The molecule has 4 heteroatoms. The van der Waals surface area contributed by atoms with Gasteiger partial charge in [-0.15, -0.1) is 0 Å². The monoisotopic (exact) mass is 508 g/mol. The Hall–Kier alpha value is -0.601. The van der Waals surface area contributed by atoms with E-state index >= 15 is 0 Å². The number of hydrogen-bond acceptors (Lipinski definition) is 2. The summed E-state index contributed by atoms with van der Waals surface area (Å²) < 4.78 is 3.25. The fraction of sp³-hybridized carbons (Fsp3) is 0.500. The van der Waals surface area contributed by atoms with Crippen LogP contribution in [0.4, 0.5) is 0 Å². The third kappa shape index (κ3) is 4.75. The summed E-state index contributed by atoms with van der Waals surface area (Å²) in [6.45, 7) is 9.90. The number of rotatable bonds is 7. The molecule has 2 nitrogen and oxygen atoms in total. The molecule has 2 aliphatic heterocycles. The molecule has 2 aliphatic rings. The molecule has 2 aromatic rings. The van der Waals surface area contributed by atoms with Crippen LogP contribution in [-0.4, -0.2) is 62.2 Å². The summed E-state index contributed by atoms with van der Waals surface area (Å²) >= 11 is 1.08. The van der Waals surface area contributed by atoms with Crippen LogP contribution in [0.2, 0.25) is 0 Å². The molecule has 0 aliphatic carbocycles. The number of hydrogen-bond donors (Lipinski definition) is 0. The van der Waals surface area contributed by atoms with Gasteiger partial charge in [-0.1, -0.05) is 0 Å². The zero-order valence-electron chi connectivity index (χ0n) is 17.1. The Morgan fingerprint density at radius 1 is 0.607 bits per heavy atom. The SMILES string of the molecule is C[C@@H](c1ccccc1[Se][Se]c1ccccc1[C@H](C)N1CCCC1)N1CCCC1. The molecule has 4 rings (SSSR count). The molecule has 2 heterocycles. The summed E-state index contributed by atoms with van der Waals surface area (Å²) in [5.41, 5.74) is 3.16. The Morgan fingerprint density at radius 2 is 0.964 bits per heavy atom. The van der Waals surface area contributed by atoms with Crippen LogP contribution in [0.25, 0.3) is 0 Å². The third-order valence-corrected chi connectivity index (χ3v) is 13.6. The van der Waals surface area contributed by atoms with Gasteiger partial charge < -0.3 is 0 Å². The zero-order chi connectivity index (χ0) is 19.3. The summed E-state index contributed by atoms with van der Waals surface area (Å²) in [4.78, 5) is 5.34. The molecule has 0 N–H and O–H groups in total. The minimum absolute atomic E-state index is 0.540. The third-order valence-electron chi connectivity index (χ3n) is 6.34. The second-order valence-corrected chi connectivity index (χ2v) is 14.3. The van der Waals surface area contributed by atoms with Gasteiger partial charge in [-0.3, -0.25) is 0 Å². The molecule has 0 amide bonds. The van der Waals surface area contributed by atoms with Crippen LogP contribution in [-0.2, 0) is 0 Å². The molecule has 150 valence electrons. The number of nitrogens with zero attached hydrogens (tertiary/aromatic N) is 2. The normalized spacial score (nSPS) is 20.5. The Kier molecular flexibility index (Phi) is 7.33. The summed E-state index contributed by atoms with van der Waals surface area (Å²) in [6, 6.07) is 19.6. The van der Waals surface area contributed by atoms with E-state index in [-0.39, 0.29) is 0 Å². The molecule has 0 bridgehead atoms. The molecule has 2 fully saturated rings. The quantitative estimate of drug-likeness (QED) is 0.532. The van der Waals surface area contributed by atoms with Gasteiger partial charge >= 0.3 is 182 Å². The van der Waals surface area contributed by atoms with Crippen molar-refractivity contribution in [2.75, 3.05) is 26.2 Å². The van der Waals surface area contributed by atoms with E-state index in [2.05, 4.69) is 72.2 Å².